The molecule has 0 bridgehead atoms. The third-order valence-electron chi connectivity index (χ3n) is 2.40. The lowest BCUT2D eigenvalue weighted by molar-refractivity contribution is 0.187. The number of rotatable bonds is 4. The molecule has 1 aromatic carbocycles. The van der Waals surface area contributed by atoms with E-state index in [1.54, 1.807) is 35.7 Å². The Bertz CT molecular complexity index is 741. The average molecular weight is 391 g/mol. The molecule has 21 heavy (non-hydrogen) atoms. The number of nitrogens with one attached hydrogen (secondary N) is 2. The molecule has 0 saturated carbocycles. The number of hydrogen-bond donors (Lipinski definition) is 2. The first kappa shape index (κ1) is 15.8. The second kappa shape index (κ2) is 6.46. The molecule has 9 heteroatoms. The molecule has 0 fully saturated rings. The topological polar surface area (TPSA) is 84.5 Å². The molecule has 0 spiro atoms. The Morgan fingerprint density at radius 1 is 1.19 bits per heavy atom. The van der Waals surface area contributed by atoms with E-state index in [4.69, 9.17) is 0 Å². The summed E-state index contributed by atoms with van der Waals surface area (Å²) < 4.78 is 32.0. The van der Waals surface area contributed by atoms with Crippen molar-refractivity contribution in [3.05, 3.63) is 40.2 Å². The lowest BCUT2D eigenvalue weighted by Crippen LogP contribution is -2.13. The maximum atomic E-state index is 12.2. The van der Waals surface area contributed by atoms with Crippen molar-refractivity contribution in [2.75, 3.05) is 17.1 Å². The number of ether oxygens (including phenoxy) is 1. The van der Waals surface area contributed by atoms with Gasteiger partial charge in [-0.25, -0.2) is 13.2 Å². The Labute approximate surface area is 134 Å². The molecule has 0 atom stereocenters. The van der Waals surface area contributed by atoms with Crippen LogP contribution in [0.4, 0.5) is 16.2 Å². The van der Waals surface area contributed by atoms with Crippen LogP contribution < -0.4 is 10.0 Å². The SMILES string of the molecule is COC(=O)Nc1ccc(NS(=O)(=O)c2sccc2Br)cc1. The number of thiophene rings is 1. The van der Waals surface area contributed by atoms with E-state index < -0.39 is 16.1 Å². The van der Waals surface area contributed by atoms with Gasteiger partial charge in [-0.05, 0) is 51.6 Å². The molecular weight excluding hydrogens is 380 g/mol. The molecule has 1 amide bonds. The van der Waals surface area contributed by atoms with Crippen LogP contribution >= 0.6 is 27.3 Å². The summed E-state index contributed by atoms with van der Waals surface area (Å²) in [6.07, 6.45) is -0.592. The number of sulfonamides is 1. The first-order valence-electron chi connectivity index (χ1n) is 5.63. The largest absolute Gasteiger partial charge is 0.453 e. The van der Waals surface area contributed by atoms with Gasteiger partial charge in [0.1, 0.15) is 0 Å². The van der Waals surface area contributed by atoms with Crippen LogP contribution in [0.2, 0.25) is 0 Å². The predicted octanol–water partition coefficient (Wildman–Crippen LogP) is 3.49. The van der Waals surface area contributed by atoms with Gasteiger partial charge < -0.3 is 4.74 Å². The molecule has 0 unspecified atom stereocenters. The van der Waals surface area contributed by atoms with Crippen LogP contribution in [0.25, 0.3) is 0 Å². The molecule has 1 aromatic heterocycles. The van der Waals surface area contributed by atoms with Crippen molar-refractivity contribution in [1.82, 2.24) is 0 Å². The van der Waals surface area contributed by atoms with Crippen molar-refractivity contribution in [2.24, 2.45) is 0 Å². The summed E-state index contributed by atoms with van der Waals surface area (Å²) in [7, 11) is -2.37. The molecule has 0 saturated heterocycles. The highest BCUT2D eigenvalue weighted by atomic mass is 79.9. The smallest absolute Gasteiger partial charge is 0.411 e. The maximum absolute atomic E-state index is 12.2. The lowest BCUT2D eigenvalue weighted by Gasteiger charge is -2.08. The van der Waals surface area contributed by atoms with Crippen LogP contribution in [0.1, 0.15) is 0 Å². The van der Waals surface area contributed by atoms with Gasteiger partial charge in [-0.1, -0.05) is 0 Å². The highest BCUT2D eigenvalue weighted by Crippen LogP contribution is 2.29. The van der Waals surface area contributed by atoms with E-state index in [1.165, 1.54) is 7.11 Å². The van der Waals surface area contributed by atoms with Crippen molar-refractivity contribution in [3.8, 4) is 0 Å². The van der Waals surface area contributed by atoms with E-state index in [1.807, 2.05) is 0 Å². The molecule has 1 heterocycles. The minimum atomic E-state index is -3.63. The summed E-state index contributed by atoms with van der Waals surface area (Å²) in [5, 5.41) is 4.16. The summed E-state index contributed by atoms with van der Waals surface area (Å²) in [4.78, 5) is 11.0. The monoisotopic (exact) mass is 390 g/mol. The van der Waals surface area contributed by atoms with Gasteiger partial charge in [0, 0.05) is 15.8 Å². The van der Waals surface area contributed by atoms with Crippen molar-refractivity contribution in [2.45, 2.75) is 4.21 Å². The summed E-state index contributed by atoms with van der Waals surface area (Å²) in [6, 6.07) is 7.90. The highest BCUT2D eigenvalue weighted by Gasteiger charge is 2.19. The molecule has 0 radical (unpaired) electrons. The van der Waals surface area contributed by atoms with Crippen molar-refractivity contribution in [3.63, 3.8) is 0 Å². The molecule has 2 rings (SSSR count). The Balaban J connectivity index is 2.14. The summed E-state index contributed by atoms with van der Waals surface area (Å²) in [5.41, 5.74) is 0.896. The number of anilines is 2. The van der Waals surface area contributed by atoms with Gasteiger partial charge in [-0.15, -0.1) is 11.3 Å². The molecular formula is C12H11BrN2O4S2. The fourth-order valence-electron chi connectivity index (χ4n) is 1.46. The van der Waals surface area contributed by atoms with Gasteiger partial charge in [0.15, 0.2) is 4.21 Å². The van der Waals surface area contributed by atoms with Crippen LogP contribution in [-0.4, -0.2) is 21.6 Å². The molecule has 0 aliphatic carbocycles. The van der Waals surface area contributed by atoms with Gasteiger partial charge in [0.25, 0.3) is 10.0 Å². The molecule has 0 aliphatic heterocycles. The van der Waals surface area contributed by atoms with E-state index in [2.05, 4.69) is 30.7 Å². The van der Waals surface area contributed by atoms with Crippen molar-refractivity contribution >= 4 is 54.8 Å². The van der Waals surface area contributed by atoms with Crippen LogP contribution in [0.3, 0.4) is 0 Å². The second-order valence-corrected chi connectivity index (χ2v) is 7.50. The quantitative estimate of drug-likeness (QED) is 0.836. The van der Waals surface area contributed by atoms with E-state index >= 15 is 0 Å². The van der Waals surface area contributed by atoms with Crippen molar-refractivity contribution < 1.29 is 17.9 Å². The van der Waals surface area contributed by atoms with E-state index in [-0.39, 0.29) is 4.21 Å². The van der Waals surface area contributed by atoms with Crippen LogP contribution in [0.5, 0.6) is 0 Å². The summed E-state index contributed by atoms with van der Waals surface area (Å²) >= 11 is 4.31. The van der Waals surface area contributed by atoms with Gasteiger partial charge in [-0.2, -0.15) is 0 Å². The van der Waals surface area contributed by atoms with Gasteiger partial charge in [0.05, 0.1) is 7.11 Å². The van der Waals surface area contributed by atoms with E-state index in [9.17, 15) is 13.2 Å². The third kappa shape index (κ3) is 3.96. The number of halogens is 1. The fraction of sp³-hybridized carbons (Fsp3) is 0.0833. The number of carbonyl (C=O) groups is 1. The number of hydrogen-bond acceptors (Lipinski definition) is 5. The van der Waals surface area contributed by atoms with Crippen LogP contribution in [0, 0.1) is 0 Å². The second-order valence-electron chi connectivity index (χ2n) is 3.86. The lowest BCUT2D eigenvalue weighted by atomic mass is 10.3. The number of benzene rings is 1. The summed E-state index contributed by atoms with van der Waals surface area (Å²) in [6.45, 7) is 0. The average Bonchev–Trinajstić information content (AvgIpc) is 2.87. The van der Waals surface area contributed by atoms with Crippen LogP contribution in [0.15, 0.2) is 44.4 Å². The predicted molar refractivity (Wildman–Crippen MR) is 85.3 cm³/mol. The molecule has 6 nitrogen and oxygen atoms in total. The van der Waals surface area contributed by atoms with Crippen LogP contribution in [-0.2, 0) is 14.8 Å². The Morgan fingerprint density at radius 3 is 2.33 bits per heavy atom. The zero-order valence-corrected chi connectivity index (χ0v) is 14.0. The first-order valence-corrected chi connectivity index (χ1v) is 8.79. The third-order valence-corrected chi connectivity index (χ3v) is 6.45. The van der Waals surface area contributed by atoms with Gasteiger partial charge >= 0.3 is 6.09 Å². The zero-order chi connectivity index (χ0) is 15.5. The van der Waals surface area contributed by atoms with E-state index in [0.29, 0.717) is 15.8 Å². The van der Waals surface area contributed by atoms with Gasteiger partial charge in [-0.3, -0.25) is 10.0 Å². The Morgan fingerprint density at radius 2 is 1.81 bits per heavy atom. The maximum Gasteiger partial charge on any atom is 0.411 e. The number of methoxy groups -OCH3 is 1. The molecule has 2 N–H and O–H groups in total. The normalized spacial score (nSPS) is 11.0. The highest BCUT2D eigenvalue weighted by molar-refractivity contribution is 9.10. The Kier molecular flexibility index (Phi) is 4.86. The fourth-order valence-corrected chi connectivity index (χ4v) is 4.86. The summed E-state index contributed by atoms with van der Waals surface area (Å²) in [5.74, 6) is 0. The minimum absolute atomic E-state index is 0.208. The number of amides is 1. The molecule has 0 aliphatic rings. The standard InChI is InChI=1S/C12H11BrN2O4S2/c1-19-12(16)14-8-2-4-9(5-3-8)15-21(17,18)11-10(13)6-7-20-11/h2-7,15H,1H3,(H,14,16). The Hall–Kier alpha value is -1.58. The van der Waals surface area contributed by atoms with Crippen molar-refractivity contribution in [1.29, 1.82) is 0 Å². The van der Waals surface area contributed by atoms with Gasteiger partial charge in [0.2, 0.25) is 0 Å². The minimum Gasteiger partial charge on any atom is -0.453 e. The first-order chi connectivity index (χ1) is 9.92. The zero-order valence-electron chi connectivity index (χ0n) is 10.8. The molecule has 112 valence electrons. The van der Waals surface area contributed by atoms with E-state index in [0.717, 1.165) is 11.3 Å². The molecule has 2 aromatic rings. The number of carbonyl (C=O) groups excluding carboxylic acids is 1.